The summed E-state index contributed by atoms with van der Waals surface area (Å²) in [5, 5.41) is 1.13. The maximum absolute atomic E-state index is 12.7. The molecule has 1 aliphatic heterocycles. The van der Waals surface area contributed by atoms with Crippen molar-refractivity contribution < 1.29 is 28.7 Å². The molecule has 2 N–H and O–H groups in total. The zero-order valence-electron chi connectivity index (χ0n) is 17.7. The first-order chi connectivity index (χ1) is 14.6. The number of benzene rings is 1. The molecule has 2 heterocycles. The highest BCUT2D eigenvalue weighted by molar-refractivity contribution is 6.06. The lowest BCUT2D eigenvalue weighted by Gasteiger charge is -2.27. The largest absolute Gasteiger partial charge is 0.451 e. The SMILES string of the molecule is CC(=O)c1c(C)[nH]c(C(=O)C(C)OC(=O)c2ccc(N3NC(=O)CCC3=O)cc2)c1C. The summed E-state index contributed by atoms with van der Waals surface area (Å²) in [5.74, 6) is -1.83. The number of hydrazine groups is 1. The second kappa shape index (κ2) is 8.55. The van der Waals surface area contributed by atoms with E-state index in [4.69, 9.17) is 4.74 Å². The Balaban J connectivity index is 1.70. The third-order valence-electron chi connectivity index (χ3n) is 5.10. The maximum Gasteiger partial charge on any atom is 0.338 e. The Morgan fingerprint density at radius 1 is 1.06 bits per heavy atom. The van der Waals surface area contributed by atoms with Gasteiger partial charge in [0, 0.05) is 24.1 Å². The Morgan fingerprint density at radius 3 is 2.29 bits per heavy atom. The summed E-state index contributed by atoms with van der Waals surface area (Å²) < 4.78 is 5.30. The van der Waals surface area contributed by atoms with Crippen LogP contribution in [0.25, 0.3) is 0 Å². The number of aromatic nitrogens is 1. The molecular weight excluding hydrogens is 402 g/mol. The fraction of sp³-hybridized carbons (Fsp3) is 0.318. The van der Waals surface area contributed by atoms with Crippen LogP contribution in [0.3, 0.4) is 0 Å². The quantitative estimate of drug-likeness (QED) is 0.541. The Hall–Kier alpha value is -3.75. The molecule has 1 fully saturated rings. The van der Waals surface area contributed by atoms with Crippen LogP contribution in [-0.2, 0) is 14.3 Å². The molecule has 0 saturated carbocycles. The van der Waals surface area contributed by atoms with Gasteiger partial charge in [-0.2, -0.15) is 0 Å². The molecule has 3 rings (SSSR count). The van der Waals surface area contributed by atoms with Crippen LogP contribution in [0.1, 0.15) is 69.2 Å². The highest BCUT2D eigenvalue weighted by Gasteiger charge is 2.27. The summed E-state index contributed by atoms with van der Waals surface area (Å²) in [6, 6.07) is 5.90. The van der Waals surface area contributed by atoms with Gasteiger partial charge in [0.05, 0.1) is 16.9 Å². The number of nitrogens with one attached hydrogen (secondary N) is 2. The van der Waals surface area contributed by atoms with E-state index in [1.807, 2.05) is 0 Å². The highest BCUT2D eigenvalue weighted by atomic mass is 16.5. The number of anilines is 1. The van der Waals surface area contributed by atoms with E-state index in [1.54, 1.807) is 13.8 Å². The van der Waals surface area contributed by atoms with Crippen LogP contribution in [-0.4, -0.2) is 40.4 Å². The predicted octanol–water partition coefficient (Wildman–Crippen LogP) is 2.42. The van der Waals surface area contributed by atoms with Crippen LogP contribution in [0.4, 0.5) is 5.69 Å². The number of Topliss-reactive ketones (excluding diaryl/α,β-unsaturated/α-hetero) is 2. The number of H-pyrrole nitrogens is 1. The van der Waals surface area contributed by atoms with Crippen molar-refractivity contribution >= 4 is 35.0 Å². The number of hydrogen-bond donors (Lipinski definition) is 2. The molecule has 0 aliphatic carbocycles. The van der Waals surface area contributed by atoms with Crippen molar-refractivity contribution in [1.29, 1.82) is 0 Å². The number of amides is 2. The number of aryl methyl sites for hydroxylation is 1. The Kier molecular flexibility index (Phi) is 6.05. The molecule has 1 unspecified atom stereocenters. The third kappa shape index (κ3) is 4.40. The lowest BCUT2D eigenvalue weighted by Crippen LogP contribution is -2.50. The second-order valence-electron chi connectivity index (χ2n) is 7.40. The van der Waals surface area contributed by atoms with Crippen LogP contribution in [0.15, 0.2) is 24.3 Å². The van der Waals surface area contributed by atoms with Crippen LogP contribution in [0.2, 0.25) is 0 Å². The second-order valence-corrected chi connectivity index (χ2v) is 7.40. The van der Waals surface area contributed by atoms with Crippen molar-refractivity contribution in [2.75, 3.05) is 5.01 Å². The molecular formula is C22H23N3O6. The molecule has 9 heteroatoms. The topological polar surface area (TPSA) is 126 Å². The molecule has 0 radical (unpaired) electrons. The summed E-state index contributed by atoms with van der Waals surface area (Å²) in [4.78, 5) is 63.4. The van der Waals surface area contributed by atoms with Crippen molar-refractivity contribution in [1.82, 2.24) is 10.4 Å². The summed E-state index contributed by atoms with van der Waals surface area (Å²) in [5.41, 5.74) is 4.86. The maximum atomic E-state index is 12.7. The molecule has 1 aromatic carbocycles. The molecule has 1 atom stereocenters. The van der Waals surface area contributed by atoms with Crippen molar-refractivity contribution in [3.8, 4) is 0 Å². The molecule has 1 aliphatic rings. The third-order valence-corrected chi connectivity index (χ3v) is 5.10. The number of carbonyl (C=O) groups is 5. The van der Waals surface area contributed by atoms with E-state index in [1.165, 1.54) is 38.1 Å². The smallest absolute Gasteiger partial charge is 0.338 e. The first kappa shape index (κ1) is 21.9. The molecule has 162 valence electrons. The number of esters is 1. The molecule has 1 saturated heterocycles. The van der Waals surface area contributed by atoms with Crippen LogP contribution >= 0.6 is 0 Å². The minimum Gasteiger partial charge on any atom is -0.451 e. The average molecular weight is 425 g/mol. The van der Waals surface area contributed by atoms with E-state index in [2.05, 4.69) is 10.4 Å². The Bertz CT molecular complexity index is 1080. The van der Waals surface area contributed by atoms with Crippen LogP contribution in [0.5, 0.6) is 0 Å². The summed E-state index contributed by atoms with van der Waals surface area (Å²) in [6.45, 7) is 6.25. The molecule has 0 spiro atoms. The van der Waals surface area contributed by atoms with Crippen molar-refractivity contribution in [2.45, 2.75) is 46.6 Å². The number of nitrogens with zero attached hydrogens (tertiary/aromatic N) is 1. The summed E-state index contributed by atoms with van der Waals surface area (Å²) in [6.07, 6.45) is -0.830. The van der Waals surface area contributed by atoms with Crippen molar-refractivity contribution in [2.24, 2.45) is 0 Å². The molecule has 2 amide bonds. The minimum absolute atomic E-state index is 0.109. The zero-order chi connectivity index (χ0) is 22.9. The van der Waals surface area contributed by atoms with Crippen LogP contribution < -0.4 is 10.4 Å². The van der Waals surface area contributed by atoms with Crippen LogP contribution in [0, 0.1) is 13.8 Å². The van der Waals surface area contributed by atoms with Gasteiger partial charge in [0.1, 0.15) is 0 Å². The zero-order valence-corrected chi connectivity index (χ0v) is 17.7. The lowest BCUT2D eigenvalue weighted by atomic mass is 10.0. The number of hydrogen-bond acceptors (Lipinski definition) is 6. The molecule has 9 nitrogen and oxygen atoms in total. The molecule has 31 heavy (non-hydrogen) atoms. The van der Waals surface area contributed by atoms with E-state index in [0.717, 1.165) is 5.01 Å². The van der Waals surface area contributed by atoms with Crippen molar-refractivity contribution in [3.63, 3.8) is 0 Å². The van der Waals surface area contributed by atoms with E-state index < -0.39 is 17.9 Å². The Morgan fingerprint density at radius 2 is 1.71 bits per heavy atom. The van der Waals surface area contributed by atoms with E-state index in [-0.39, 0.29) is 41.7 Å². The number of rotatable bonds is 6. The van der Waals surface area contributed by atoms with Gasteiger partial charge in [0.25, 0.3) is 0 Å². The van der Waals surface area contributed by atoms with E-state index in [0.29, 0.717) is 22.5 Å². The normalized spacial score (nSPS) is 14.8. The first-order valence-electron chi connectivity index (χ1n) is 9.78. The standard InChI is InChI=1S/C22H23N3O6/c1-11-19(13(3)26)12(2)23-20(11)21(29)14(4)31-22(30)15-5-7-16(8-6-15)25-18(28)10-9-17(27)24-25/h5-8,14,23H,9-10H2,1-4H3,(H,24,27). The molecule has 1 aromatic heterocycles. The number of ether oxygens (including phenoxy) is 1. The number of carbonyl (C=O) groups excluding carboxylic acids is 5. The fourth-order valence-electron chi connectivity index (χ4n) is 3.54. The number of aromatic amines is 1. The van der Waals surface area contributed by atoms with Crippen molar-refractivity contribution in [3.05, 3.63) is 52.3 Å². The van der Waals surface area contributed by atoms with E-state index in [9.17, 15) is 24.0 Å². The van der Waals surface area contributed by atoms with Gasteiger partial charge in [0.15, 0.2) is 11.9 Å². The Labute approximate surface area is 178 Å². The number of ketones is 2. The first-order valence-corrected chi connectivity index (χ1v) is 9.78. The van der Waals surface area contributed by atoms with E-state index >= 15 is 0 Å². The minimum atomic E-state index is -1.08. The van der Waals surface area contributed by atoms with Gasteiger partial charge in [-0.1, -0.05) is 0 Å². The molecule has 2 aromatic rings. The van der Waals surface area contributed by atoms with Gasteiger partial charge in [0.2, 0.25) is 17.6 Å². The summed E-state index contributed by atoms with van der Waals surface area (Å²) >= 11 is 0. The predicted molar refractivity (Wildman–Crippen MR) is 111 cm³/mol. The van der Waals surface area contributed by atoms with Gasteiger partial charge in [-0.15, -0.1) is 0 Å². The molecule has 0 bridgehead atoms. The summed E-state index contributed by atoms with van der Waals surface area (Å²) in [7, 11) is 0. The fourth-order valence-corrected chi connectivity index (χ4v) is 3.54. The van der Waals surface area contributed by atoms with Gasteiger partial charge in [-0.3, -0.25) is 24.6 Å². The highest BCUT2D eigenvalue weighted by Crippen LogP contribution is 2.22. The van der Waals surface area contributed by atoms with Gasteiger partial charge in [-0.25, -0.2) is 9.80 Å². The van der Waals surface area contributed by atoms with Gasteiger partial charge in [-0.05, 0) is 57.5 Å². The average Bonchev–Trinajstić information content (AvgIpc) is 3.03. The van der Waals surface area contributed by atoms with Gasteiger partial charge >= 0.3 is 5.97 Å². The lowest BCUT2D eigenvalue weighted by molar-refractivity contribution is -0.130. The van der Waals surface area contributed by atoms with Gasteiger partial charge < -0.3 is 9.72 Å². The monoisotopic (exact) mass is 425 g/mol.